The van der Waals surface area contributed by atoms with E-state index in [-0.39, 0.29) is 29.2 Å². The van der Waals surface area contributed by atoms with Crippen molar-refractivity contribution in [1.29, 1.82) is 0 Å². The maximum atomic E-state index is 15.2. The van der Waals surface area contributed by atoms with Gasteiger partial charge in [-0.05, 0) is 39.3 Å². The SMILES string of the molecule is CCCCOc1ccc([C@]2(C)CC(c3ccn(C(C)C)n3)=C(C(=O)NS(C)(=O)=O)C(=O)N2)c(F)c1. The van der Waals surface area contributed by atoms with E-state index in [1.165, 1.54) is 6.07 Å². The Labute approximate surface area is 204 Å². The van der Waals surface area contributed by atoms with E-state index < -0.39 is 33.2 Å². The average Bonchev–Trinajstić information content (AvgIpc) is 3.22. The highest BCUT2D eigenvalue weighted by Gasteiger charge is 2.42. The number of nitrogens with one attached hydrogen (secondary N) is 2. The number of halogens is 1. The Morgan fingerprint density at radius 1 is 1.34 bits per heavy atom. The van der Waals surface area contributed by atoms with Gasteiger partial charge in [0.1, 0.15) is 17.1 Å². The normalized spacial score (nSPS) is 18.5. The topological polar surface area (TPSA) is 119 Å². The number of carbonyl (C=O) groups excluding carboxylic acids is 2. The molecule has 0 saturated carbocycles. The highest BCUT2D eigenvalue weighted by Crippen LogP contribution is 2.39. The van der Waals surface area contributed by atoms with Gasteiger partial charge in [-0.3, -0.25) is 14.3 Å². The highest BCUT2D eigenvalue weighted by molar-refractivity contribution is 7.89. The van der Waals surface area contributed by atoms with Crippen LogP contribution in [0.2, 0.25) is 0 Å². The number of carbonyl (C=O) groups is 2. The second-order valence-corrected chi connectivity index (χ2v) is 10.9. The molecule has 0 fully saturated rings. The molecule has 2 aromatic rings. The van der Waals surface area contributed by atoms with E-state index in [4.69, 9.17) is 4.74 Å². The van der Waals surface area contributed by atoms with Crippen LogP contribution < -0.4 is 14.8 Å². The Morgan fingerprint density at radius 3 is 2.63 bits per heavy atom. The summed E-state index contributed by atoms with van der Waals surface area (Å²) < 4.78 is 47.6. The zero-order valence-electron chi connectivity index (χ0n) is 20.5. The van der Waals surface area contributed by atoms with Crippen molar-refractivity contribution in [2.24, 2.45) is 0 Å². The molecule has 9 nitrogen and oxygen atoms in total. The van der Waals surface area contributed by atoms with Crippen molar-refractivity contribution in [3.8, 4) is 5.75 Å². The van der Waals surface area contributed by atoms with Crippen LogP contribution in [0.1, 0.15) is 64.3 Å². The zero-order valence-corrected chi connectivity index (χ0v) is 21.3. The molecular formula is C24H31FN4O5S. The summed E-state index contributed by atoms with van der Waals surface area (Å²) in [6, 6.07) is 6.10. The molecule has 0 unspecified atom stereocenters. The number of rotatable bonds is 9. The maximum Gasteiger partial charge on any atom is 0.270 e. The van der Waals surface area contributed by atoms with E-state index in [9.17, 15) is 18.0 Å². The Kier molecular flexibility index (Phi) is 7.68. The summed E-state index contributed by atoms with van der Waals surface area (Å²) in [5, 5.41) is 7.17. The second-order valence-electron chi connectivity index (χ2n) is 9.14. The minimum atomic E-state index is -3.93. The quantitative estimate of drug-likeness (QED) is 0.399. The smallest absolute Gasteiger partial charge is 0.270 e. The van der Waals surface area contributed by atoms with Gasteiger partial charge in [-0.2, -0.15) is 5.10 Å². The predicted molar refractivity (Wildman–Crippen MR) is 129 cm³/mol. The summed E-state index contributed by atoms with van der Waals surface area (Å²) >= 11 is 0. The fraction of sp³-hybridized carbons (Fsp3) is 0.458. The number of aromatic nitrogens is 2. The standard InChI is InChI=1S/C24H31FN4O5S/c1-6-7-12-34-16-8-9-18(19(25)13-16)24(4)14-17(20-10-11-29(27-20)15(2)3)21(22(30)26-24)23(31)28-35(5,32)33/h8-11,13,15H,6-7,12,14H2,1-5H3,(H,26,30)(H,28,31)/t24-/m0/s1. The van der Waals surface area contributed by atoms with Crippen LogP contribution in [0.25, 0.3) is 5.57 Å². The molecular weight excluding hydrogens is 475 g/mol. The molecule has 2 amide bonds. The molecule has 0 saturated heterocycles. The molecule has 3 rings (SSSR count). The van der Waals surface area contributed by atoms with E-state index in [0.29, 0.717) is 18.1 Å². The van der Waals surface area contributed by atoms with Crippen LogP contribution in [0, 0.1) is 5.82 Å². The lowest BCUT2D eigenvalue weighted by molar-refractivity contribution is -0.124. The summed E-state index contributed by atoms with van der Waals surface area (Å²) in [6.07, 6.45) is 4.32. The first-order valence-corrected chi connectivity index (χ1v) is 13.3. The Hall–Kier alpha value is -3.21. The molecule has 1 aromatic heterocycles. The highest BCUT2D eigenvalue weighted by atomic mass is 32.2. The van der Waals surface area contributed by atoms with Crippen molar-refractivity contribution in [2.45, 2.75) is 58.5 Å². The van der Waals surface area contributed by atoms with Gasteiger partial charge in [-0.25, -0.2) is 17.5 Å². The minimum absolute atomic E-state index is 0.00726. The molecule has 0 bridgehead atoms. The fourth-order valence-electron chi connectivity index (χ4n) is 3.93. The number of hydrogen-bond acceptors (Lipinski definition) is 6. The van der Waals surface area contributed by atoms with Gasteiger partial charge in [0, 0.05) is 35.9 Å². The lowest BCUT2D eigenvalue weighted by Crippen LogP contribution is -2.51. The predicted octanol–water partition coefficient (Wildman–Crippen LogP) is 3.05. The number of amides is 2. The Morgan fingerprint density at radius 2 is 2.06 bits per heavy atom. The van der Waals surface area contributed by atoms with Crippen LogP contribution in [-0.4, -0.2) is 42.9 Å². The Balaban J connectivity index is 2.06. The van der Waals surface area contributed by atoms with E-state index in [0.717, 1.165) is 19.1 Å². The molecule has 1 aromatic carbocycles. The third-order valence-corrected chi connectivity index (χ3v) is 6.26. The summed E-state index contributed by atoms with van der Waals surface area (Å²) in [5.41, 5.74) is -0.841. The minimum Gasteiger partial charge on any atom is -0.493 e. The van der Waals surface area contributed by atoms with Crippen LogP contribution in [-0.2, 0) is 25.2 Å². The molecule has 190 valence electrons. The van der Waals surface area contributed by atoms with Crippen molar-refractivity contribution in [2.75, 3.05) is 12.9 Å². The van der Waals surface area contributed by atoms with E-state index >= 15 is 4.39 Å². The molecule has 2 heterocycles. The molecule has 1 aliphatic rings. The monoisotopic (exact) mass is 506 g/mol. The molecule has 0 radical (unpaired) electrons. The lowest BCUT2D eigenvalue weighted by atomic mass is 9.79. The number of nitrogens with zero attached hydrogens (tertiary/aromatic N) is 2. The number of benzene rings is 1. The van der Waals surface area contributed by atoms with Crippen molar-refractivity contribution in [3.63, 3.8) is 0 Å². The zero-order chi connectivity index (χ0) is 26.0. The fourth-order valence-corrected chi connectivity index (χ4v) is 4.37. The first-order chi connectivity index (χ1) is 16.3. The van der Waals surface area contributed by atoms with Crippen LogP contribution in [0.3, 0.4) is 0 Å². The largest absolute Gasteiger partial charge is 0.493 e. The van der Waals surface area contributed by atoms with Gasteiger partial charge in [0.15, 0.2) is 0 Å². The molecule has 1 atom stereocenters. The number of sulfonamides is 1. The van der Waals surface area contributed by atoms with E-state index in [1.807, 2.05) is 25.5 Å². The summed E-state index contributed by atoms with van der Waals surface area (Å²) in [7, 11) is -3.93. The number of hydrogen-bond donors (Lipinski definition) is 2. The van der Waals surface area contributed by atoms with E-state index in [1.54, 1.807) is 36.0 Å². The van der Waals surface area contributed by atoms with Gasteiger partial charge in [0.05, 0.1) is 24.1 Å². The third-order valence-electron chi connectivity index (χ3n) is 5.70. The van der Waals surface area contributed by atoms with E-state index in [2.05, 4.69) is 10.4 Å². The molecule has 11 heteroatoms. The van der Waals surface area contributed by atoms with Crippen LogP contribution >= 0.6 is 0 Å². The van der Waals surface area contributed by atoms with Crippen molar-refractivity contribution in [3.05, 3.63) is 53.1 Å². The molecule has 2 N–H and O–H groups in total. The van der Waals surface area contributed by atoms with Crippen molar-refractivity contribution >= 4 is 27.4 Å². The average molecular weight is 507 g/mol. The number of unbranched alkanes of at least 4 members (excludes halogenated alkanes) is 1. The lowest BCUT2D eigenvalue weighted by Gasteiger charge is -2.37. The van der Waals surface area contributed by atoms with Gasteiger partial charge < -0.3 is 10.1 Å². The van der Waals surface area contributed by atoms with Crippen LogP contribution in [0.5, 0.6) is 5.75 Å². The van der Waals surface area contributed by atoms with Gasteiger partial charge in [-0.1, -0.05) is 19.4 Å². The number of ether oxygens (including phenoxy) is 1. The first-order valence-electron chi connectivity index (χ1n) is 11.4. The summed E-state index contributed by atoms with van der Waals surface area (Å²) in [6.45, 7) is 7.97. The summed E-state index contributed by atoms with van der Waals surface area (Å²) in [5.74, 6) is -2.08. The third kappa shape index (κ3) is 6.08. The van der Waals surface area contributed by atoms with Gasteiger partial charge in [0.2, 0.25) is 10.0 Å². The summed E-state index contributed by atoms with van der Waals surface area (Å²) in [4.78, 5) is 26.0. The van der Waals surface area contributed by atoms with Gasteiger partial charge >= 0.3 is 0 Å². The van der Waals surface area contributed by atoms with Crippen LogP contribution in [0.15, 0.2) is 36.0 Å². The van der Waals surface area contributed by atoms with Crippen molar-refractivity contribution < 1.29 is 27.1 Å². The van der Waals surface area contributed by atoms with Crippen molar-refractivity contribution in [1.82, 2.24) is 19.8 Å². The molecule has 1 aliphatic heterocycles. The molecule has 0 aliphatic carbocycles. The molecule has 0 spiro atoms. The molecule has 35 heavy (non-hydrogen) atoms. The van der Waals surface area contributed by atoms with Gasteiger partial charge in [-0.15, -0.1) is 0 Å². The Bertz CT molecular complexity index is 1270. The van der Waals surface area contributed by atoms with Crippen LogP contribution in [0.4, 0.5) is 4.39 Å². The first kappa shape index (κ1) is 26.4. The maximum absolute atomic E-state index is 15.2. The van der Waals surface area contributed by atoms with Gasteiger partial charge in [0.25, 0.3) is 11.8 Å². The second kappa shape index (κ2) is 10.2.